The van der Waals surface area contributed by atoms with Gasteiger partial charge in [-0.1, -0.05) is 41.4 Å². The lowest BCUT2D eigenvalue weighted by atomic mass is 9.96. The highest BCUT2D eigenvalue weighted by Crippen LogP contribution is 2.21. The first kappa shape index (κ1) is 20.5. The number of nitrogens with zero attached hydrogens (tertiary/aromatic N) is 1. The molecule has 0 atom stereocenters. The van der Waals surface area contributed by atoms with E-state index >= 15 is 0 Å². The lowest BCUT2D eigenvalue weighted by Crippen LogP contribution is -2.43. The molecule has 2 aromatic carbocycles. The van der Waals surface area contributed by atoms with Crippen molar-refractivity contribution in [2.45, 2.75) is 12.8 Å². The number of piperidine rings is 1. The van der Waals surface area contributed by atoms with Gasteiger partial charge in [0.2, 0.25) is 0 Å². The van der Waals surface area contributed by atoms with Gasteiger partial charge in [-0.2, -0.15) is 0 Å². The lowest BCUT2D eigenvalue weighted by Gasteiger charge is -2.32. The lowest BCUT2D eigenvalue weighted by molar-refractivity contribution is -0.134. The van der Waals surface area contributed by atoms with Gasteiger partial charge in [0.1, 0.15) is 5.75 Å². The summed E-state index contributed by atoms with van der Waals surface area (Å²) in [4.78, 5) is 26.4. The molecule has 1 saturated heterocycles. The molecule has 148 valence electrons. The van der Waals surface area contributed by atoms with Crippen LogP contribution < -0.4 is 10.1 Å². The molecule has 0 saturated carbocycles. The van der Waals surface area contributed by atoms with E-state index in [1.54, 1.807) is 18.2 Å². The van der Waals surface area contributed by atoms with Crippen LogP contribution in [0.15, 0.2) is 48.5 Å². The van der Waals surface area contributed by atoms with Crippen molar-refractivity contribution in [3.05, 3.63) is 64.1 Å². The predicted octanol–water partition coefficient (Wildman–Crippen LogP) is 4.04. The van der Waals surface area contributed by atoms with Crippen molar-refractivity contribution in [3.63, 3.8) is 0 Å². The molecule has 1 fully saturated rings. The molecule has 2 amide bonds. The largest absolute Gasteiger partial charge is 0.484 e. The predicted molar refractivity (Wildman–Crippen MR) is 110 cm³/mol. The number of hydrogen-bond donors (Lipinski definition) is 1. The maximum Gasteiger partial charge on any atom is 0.260 e. The maximum atomic E-state index is 12.3. The third-order valence-corrected chi connectivity index (χ3v) is 5.35. The van der Waals surface area contributed by atoms with Crippen molar-refractivity contribution in [1.82, 2.24) is 10.2 Å². The van der Waals surface area contributed by atoms with E-state index in [0.717, 1.165) is 12.8 Å². The molecule has 0 aromatic heterocycles. The van der Waals surface area contributed by atoms with Crippen LogP contribution in [0.5, 0.6) is 5.75 Å². The summed E-state index contributed by atoms with van der Waals surface area (Å²) in [6.07, 6.45) is 1.68. The van der Waals surface area contributed by atoms with Crippen molar-refractivity contribution in [2.75, 3.05) is 26.2 Å². The van der Waals surface area contributed by atoms with E-state index < -0.39 is 0 Å². The second kappa shape index (κ2) is 9.80. The summed E-state index contributed by atoms with van der Waals surface area (Å²) >= 11 is 11.9. The Balaban J connectivity index is 1.40. The molecule has 1 N–H and O–H groups in total. The number of carbonyl (C=O) groups is 2. The maximum absolute atomic E-state index is 12.3. The number of rotatable bonds is 6. The molecule has 0 spiro atoms. The Kier molecular flexibility index (Phi) is 7.18. The van der Waals surface area contributed by atoms with Gasteiger partial charge in [0.05, 0.1) is 10.6 Å². The summed E-state index contributed by atoms with van der Waals surface area (Å²) in [5, 5.41) is 3.76. The van der Waals surface area contributed by atoms with E-state index in [4.69, 9.17) is 27.9 Å². The van der Waals surface area contributed by atoms with E-state index in [-0.39, 0.29) is 18.4 Å². The molecule has 3 rings (SSSR count). The molecule has 28 heavy (non-hydrogen) atoms. The molecule has 1 aliphatic heterocycles. The van der Waals surface area contributed by atoms with Gasteiger partial charge in [-0.05, 0) is 49.1 Å². The summed E-state index contributed by atoms with van der Waals surface area (Å²) in [5.41, 5.74) is 0.414. The van der Waals surface area contributed by atoms with E-state index in [2.05, 4.69) is 5.32 Å². The highest BCUT2D eigenvalue weighted by Gasteiger charge is 2.23. The third kappa shape index (κ3) is 5.63. The minimum Gasteiger partial charge on any atom is -0.484 e. The normalized spacial score (nSPS) is 14.6. The number of benzene rings is 2. The minimum atomic E-state index is -0.212. The summed E-state index contributed by atoms with van der Waals surface area (Å²) in [6, 6.07) is 14.1. The van der Waals surface area contributed by atoms with E-state index in [9.17, 15) is 9.59 Å². The molecule has 0 aliphatic carbocycles. The molecule has 0 radical (unpaired) electrons. The average Bonchev–Trinajstić information content (AvgIpc) is 2.71. The molecule has 5 nitrogen and oxygen atoms in total. The van der Waals surface area contributed by atoms with E-state index in [0.29, 0.717) is 46.9 Å². The van der Waals surface area contributed by atoms with Gasteiger partial charge < -0.3 is 15.0 Å². The van der Waals surface area contributed by atoms with E-state index in [1.807, 2.05) is 35.2 Å². The Morgan fingerprint density at radius 1 is 1.07 bits per heavy atom. The van der Waals surface area contributed by atoms with Crippen molar-refractivity contribution in [1.29, 1.82) is 0 Å². The fourth-order valence-corrected chi connectivity index (χ4v) is 3.64. The Labute approximate surface area is 174 Å². The van der Waals surface area contributed by atoms with Crippen molar-refractivity contribution in [3.8, 4) is 5.75 Å². The second-order valence-corrected chi connectivity index (χ2v) is 7.60. The van der Waals surface area contributed by atoms with Crippen LogP contribution in [0.4, 0.5) is 0 Å². The average molecular weight is 421 g/mol. The molecule has 0 bridgehead atoms. The number of halogens is 2. The topological polar surface area (TPSA) is 58.6 Å². The smallest absolute Gasteiger partial charge is 0.260 e. The second-order valence-electron chi connectivity index (χ2n) is 6.76. The van der Waals surface area contributed by atoms with E-state index in [1.165, 1.54) is 0 Å². The van der Waals surface area contributed by atoms with Gasteiger partial charge in [0.25, 0.3) is 11.8 Å². The fourth-order valence-electron chi connectivity index (χ4n) is 3.15. The van der Waals surface area contributed by atoms with Gasteiger partial charge >= 0.3 is 0 Å². The first-order valence-corrected chi connectivity index (χ1v) is 9.97. The number of ether oxygens (including phenoxy) is 1. The minimum absolute atomic E-state index is 0.0146. The fraction of sp³-hybridized carbons (Fsp3) is 0.333. The Hall–Kier alpha value is -2.24. The number of hydrogen-bond acceptors (Lipinski definition) is 3. The van der Waals surface area contributed by atoms with Gasteiger partial charge in [-0.25, -0.2) is 0 Å². The van der Waals surface area contributed by atoms with Gasteiger partial charge in [0.15, 0.2) is 6.61 Å². The highest BCUT2D eigenvalue weighted by atomic mass is 35.5. The number of para-hydroxylation sites is 1. The molecular formula is C21H22Cl2N2O3. The quantitative estimate of drug-likeness (QED) is 0.766. The first-order chi connectivity index (χ1) is 13.5. The molecule has 2 aromatic rings. The van der Waals surface area contributed by atoms with Crippen LogP contribution in [0.3, 0.4) is 0 Å². The van der Waals surface area contributed by atoms with Crippen LogP contribution in [0.25, 0.3) is 0 Å². The van der Waals surface area contributed by atoms with Gasteiger partial charge in [0, 0.05) is 24.7 Å². The number of amides is 2. The molecule has 7 heteroatoms. The first-order valence-electron chi connectivity index (χ1n) is 9.22. The number of carbonyl (C=O) groups excluding carboxylic acids is 2. The van der Waals surface area contributed by atoms with Gasteiger partial charge in [-0.3, -0.25) is 9.59 Å². The third-order valence-electron chi connectivity index (χ3n) is 4.80. The van der Waals surface area contributed by atoms with Crippen LogP contribution in [-0.2, 0) is 4.79 Å². The van der Waals surface area contributed by atoms with Crippen molar-refractivity contribution < 1.29 is 14.3 Å². The monoisotopic (exact) mass is 420 g/mol. The van der Waals surface area contributed by atoms with Crippen LogP contribution in [0, 0.1) is 5.92 Å². The Morgan fingerprint density at radius 3 is 2.46 bits per heavy atom. The molecular weight excluding hydrogens is 399 g/mol. The Morgan fingerprint density at radius 2 is 1.79 bits per heavy atom. The molecule has 0 unspecified atom stereocenters. The van der Waals surface area contributed by atoms with Crippen LogP contribution in [0.1, 0.15) is 23.2 Å². The molecule has 1 heterocycles. The van der Waals surface area contributed by atoms with Crippen LogP contribution in [-0.4, -0.2) is 43.0 Å². The highest BCUT2D eigenvalue weighted by molar-refractivity contribution is 6.36. The zero-order valence-corrected chi connectivity index (χ0v) is 16.9. The number of nitrogens with one attached hydrogen (secondary N) is 1. The zero-order valence-electron chi connectivity index (χ0n) is 15.4. The summed E-state index contributed by atoms with van der Waals surface area (Å²) < 4.78 is 5.53. The number of likely N-dealkylation sites (tertiary alicyclic amines) is 1. The zero-order chi connectivity index (χ0) is 19.9. The summed E-state index contributed by atoms with van der Waals surface area (Å²) in [7, 11) is 0. The molecule has 1 aliphatic rings. The summed E-state index contributed by atoms with van der Waals surface area (Å²) in [6.45, 7) is 1.93. The SMILES string of the molecule is O=C(NCC1CCN(C(=O)COc2ccccc2)CC1)c1ccc(Cl)cc1Cl. The van der Waals surface area contributed by atoms with Crippen LogP contribution in [0.2, 0.25) is 10.0 Å². The van der Waals surface area contributed by atoms with Gasteiger partial charge in [-0.15, -0.1) is 0 Å². The van der Waals surface area contributed by atoms with Crippen molar-refractivity contribution >= 4 is 35.0 Å². The summed E-state index contributed by atoms with van der Waals surface area (Å²) in [5.74, 6) is 0.791. The van der Waals surface area contributed by atoms with Crippen LogP contribution >= 0.6 is 23.2 Å². The standard InChI is InChI=1S/C21H22Cl2N2O3/c22-16-6-7-18(19(23)12-16)21(27)24-13-15-8-10-25(11-9-15)20(26)14-28-17-4-2-1-3-5-17/h1-7,12,15H,8-11,13-14H2,(H,24,27). The van der Waals surface area contributed by atoms with Crippen molar-refractivity contribution in [2.24, 2.45) is 5.92 Å². The Bertz CT molecular complexity index is 822.